The number of hydrogen-bond acceptors (Lipinski definition) is 3. The van der Waals surface area contributed by atoms with E-state index in [9.17, 15) is 5.11 Å². The van der Waals surface area contributed by atoms with Gasteiger partial charge in [0.05, 0.1) is 12.2 Å². The molecule has 3 heteroatoms. The maximum absolute atomic E-state index is 10.0. The van der Waals surface area contributed by atoms with Crippen molar-refractivity contribution in [2.75, 3.05) is 13.2 Å². The van der Waals surface area contributed by atoms with Crippen LogP contribution in [0.4, 0.5) is 0 Å². The van der Waals surface area contributed by atoms with E-state index in [-0.39, 0.29) is 12.0 Å². The number of aliphatic hydroxyl groups is 1. The Bertz CT molecular complexity index is 169. The van der Waals surface area contributed by atoms with Crippen LogP contribution in [0.1, 0.15) is 51.9 Å². The second-order valence-corrected chi connectivity index (χ2v) is 4.92. The molecule has 3 nitrogen and oxygen atoms in total. The van der Waals surface area contributed by atoms with Crippen LogP contribution in [0.2, 0.25) is 0 Å². The fourth-order valence-corrected chi connectivity index (χ4v) is 2.47. The molecule has 0 aromatic heterocycles. The number of ether oxygens (including phenoxy) is 1. The summed E-state index contributed by atoms with van der Waals surface area (Å²) >= 11 is 0. The van der Waals surface area contributed by atoms with Crippen LogP contribution in [0, 0.1) is 5.92 Å². The highest BCUT2D eigenvalue weighted by Gasteiger charge is 2.20. The van der Waals surface area contributed by atoms with Gasteiger partial charge in [-0.3, -0.25) is 0 Å². The smallest absolute Gasteiger partial charge is 0.0581 e. The molecular weight excluding hydrogens is 202 g/mol. The Morgan fingerprint density at radius 3 is 2.75 bits per heavy atom. The highest BCUT2D eigenvalue weighted by Crippen LogP contribution is 2.21. The molecule has 3 atom stereocenters. The van der Waals surface area contributed by atoms with Crippen molar-refractivity contribution in [2.24, 2.45) is 11.7 Å². The van der Waals surface area contributed by atoms with Crippen LogP contribution in [0.5, 0.6) is 0 Å². The van der Waals surface area contributed by atoms with E-state index in [4.69, 9.17) is 10.5 Å². The third kappa shape index (κ3) is 4.81. The first-order valence-corrected chi connectivity index (χ1v) is 6.77. The average molecular weight is 229 g/mol. The molecule has 1 aliphatic heterocycles. The van der Waals surface area contributed by atoms with Crippen molar-refractivity contribution < 1.29 is 9.84 Å². The summed E-state index contributed by atoms with van der Waals surface area (Å²) in [5, 5.41) is 10.0. The van der Waals surface area contributed by atoms with Crippen LogP contribution in [0.15, 0.2) is 0 Å². The van der Waals surface area contributed by atoms with E-state index in [0.717, 1.165) is 38.7 Å². The van der Waals surface area contributed by atoms with E-state index in [1.54, 1.807) is 0 Å². The Kier molecular flexibility index (Phi) is 7.01. The number of rotatable bonds is 7. The van der Waals surface area contributed by atoms with Gasteiger partial charge in [0.15, 0.2) is 0 Å². The maximum Gasteiger partial charge on any atom is 0.0581 e. The predicted molar refractivity (Wildman–Crippen MR) is 66.3 cm³/mol. The molecule has 3 unspecified atom stereocenters. The largest absolute Gasteiger partial charge is 0.393 e. The molecule has 1 heterocycles. The highest BCUT2D eigenvalue weighted by atomic mass is 16.5. The van der Waals surface area contributed by atoms with Gasteiger partial charge in [-0.25, -0.2) is 0 Å². The van der Waals surface area contributed by atoms with Gasteiger partial charge in [-0.1, -0.05) is 13.3 Å². The first-order valence-electron chi connectivity index (χ1n) is 6.77. The molecule has 1 saturated heterocycles. The number of hydrogen-bond donors (Lipinski definition) is 2. The molecule has 0 aromatic rings. The third-order valence-corrected chi connectivity index (χ3v) is 3.56. The van der Waals surface area contributed by atoms with Gasteiger partial charge in [-0.05, 0) is 51.0 Å². The van der Waals surface area contributed by atoms with E-state index in [2.05, 4.69) is 6.92 Å². The topological polar surface area (TPSA) is 55.5 Å². The summed E-state index contributed by atoms with van der Waals surface area (Å²) in [6, 6.07) is 0. The molecule has 0 aliphatic carbocycles. The fourth-order valence-electron chi connectivity index (χ4n) is 2.47. The molecule has 0 radical (unpaired) electrons. The summed E-state index contributed by atoms with van der Waals surface area (Å²) in [4.78, 5) is 0. The molecule has 0 aromatic carbocycles. The lowest BCUT2D eigenvalue weighted by molar-refractivity contribution is -0.00318. The Morgan fingerprint density at radius 1 is 1.38 bits per heavy atom. The Morgan fingerprint density at radius 2 is 2.19 bits per heavy atom. The summed E-state index contributed by atoms with van der Waals surface area (Å²) in [6.07, 6.45) is 7.72. The lowest BCUT2D eigenvalue weighted by Crippen LogP contribution is -2.29. The summed E-state index contributed by atoms with van der Waals surface area (Å²) < 4.78 is 5.66. The third-order valence-electron chi connectivity index (χ3n) is 3.56. The highest BCUT2D eigenvalue weighted by molar-refractivity contribution is 4.72. The van der Waals surface area contributed by atoms with Crippen LogP contribution in [0.25, 0.3) is 0 Å². The van der Waals surface area contributed by atoms with Crippen LogP contribution >= 0.6 is 0 Å². The van der Waals surface area contributed by atoms with Crippen molar-refractivity contribution in [1.82, 2.24) is 0 Å². The van der Waals surface area contributed by atoms with Gasteiger partial charge in [0.25, 0.3) is 0 Å². The normalized spacial score (nSPS) is 25.3. The Hall–Kier alpha value is -0.120. The second-order valence-electron chi connectivity index (χ2n) is 4.92. The standard InChI is InChI=1S/C13H27NO2/c1-2-5-11(10-14)13(15)8-7-12-6-3-4-9-16-12/h11-13,15H,2-10,14H2,1H3. The maximum atomic E-state index is 10.0. The first-order chi connectivity index (χ1) is 7.77. The zero-order valence-electron chi connectivity index (χ0n) is 10.5. The van der Waals surface area contributed by atoms with Crippen molar-refractivity contribution in [1.29, 1.82) is 0 Å². The van der Waals surface area contributed by atoms with Crippen LogP contribution in [0.3, 0.4) is 0 Å². The molecule has 0 saturated carbocycles. The minimum atomic E-state index is -0.240. The second kappa shape index (κ2) is 8.04. The van der Waals surface area contributed by atoms with Gasteiger partial charge in [0.1, 0.15) is 0 Å². The molecule has 16 heavy (non-hydrogen) atoms. The van der Waals surface area contributed by atoms with Crippen LogP contribution in [-0.4, -0.2) is 30.5 Å². The minimum absolute atomic E-state index is 0.240. The van der Waals surface area contributed by atoms with Crippen molar-refractivity contribution >= 4 is 0 Å². The molecule has 3 N–H and O–H groups in total. The fraction of sp³-hybridized carbons (Fsp3) is 1.00. The first kappa shape index (κ1) is 13.9. The summed E-state index contributed by atoms with van der Waals surface area (Å²) in [5.41, 5.74) is 5.68. The lowest BCUT2D eigenvalue weighted by Gasteiger charge is -2.26. The zero-order chi connectivity index (χ0) is 11.8. The van der Waals surface area contributed by atoms with E-state index in [1.165, 1.54) is 12.8 Å². The Balaban J connectivity index is 2.18. The van der Waals surface area contributed by atoms with Crippen molar-refractivity contribution in [3.05, 3.63) is 0 Å². The van der Waals surface area contributed by atoms with E-state index < -0.39 is 0 Å². The van der Waals surface area contributed by atoms with Gasteiger partial charge >= 0.3 is 0 Å². The SMILES string of the molecule is CCCC(CN)C(O)CCC1CCCCO1. The van der Waals surface area contributed by atoms with Gasteiger partial charge in [0, 0.05) is 6.61 Å². The van der Waals surface area contributed by atoms with Gasteiger partial charge in [-0.15, -0.1) is 0 Å². The van der Waals surface area contributed by atoms with Gasteiger partial charge in [-0.2, -0.15) is 0 Å². The molecule has 0 amide bonds. The predicted octanol–water partition coefficient (Wildman–Crippen LogP) is 2.07. The zero-order valence-corrected chi connectivity index (χ0v) is 10.5. The van der Waals surface area contributed by atoms with E-state index in [0.29, 0.717) is 12.6 Å². The quantitative estimate of drug-likeness (QED) is 0.702. The summed E-state index contributed by atoms with van der Waals surface area (Å²) in [7, 11) is 0. The van der Waals surface area contributed by atoms with E-state index >= 15 is 0 Å². The monoisotopic (exact) mass is 229 g/mol. The number of aliphatic hydroxyl groups excluding tert-OH is 1. The Labute approximate surface area is 99.4 Å². The summed E-state index contributed by atoms with van der Waals surface area (Å²) in [6.45, 7) is 3.64. The van der Waals surface area contributed by atoms with Crippen molar-refractivity contribution in [3.63, 3.8) is 0 Å². The van der Waals surface area contributed by atoms with Crippen molar-refractivity contribution in [2.45, 2.75) is 64.1 Å². The van der Waals surface area contributed by atoms with Crippen molar-refractivity contribution in [3.8, 4) is 0 Å². The molecule has 96 valence electrons. The molecule has 0 spiro atoms. The van der Waals surface area contributed by atoms with Gasteiger partial charge < -0.3 is 15.6 Å². The van der Waals surface area contributed by atoms with Gasteiger partial charge in [0.2, 0.25) is 0 Å². The number of nitrogens with two attached hydrogens (primary N) is 1. The van der Waals surface area contributed by atoms with E-state index in [1.807, 2.05) is 0 Å². The molecule has 1 fully saturated rings. The average Bonchev–Trinajstić information content (AvgIpc) is 2.34. The molecule has 1 aliphatic rings. The minimum Gasteiger partial charge on any atom is -0.393 e. The molecule has 0 bridgehead atoms. The van der Waals surface area contributed by atoms with Crippen LogP contribution in [-0.2, 0) is 4.74 Å². The molecule has 1 rings (SSSR count). The summed E-state index contributed by atoms with van der Waals surface area (Å²) in [5.74, 6) is 0.272. The lowest BCUT2D eigenvalue weighted by atomic mass is 9.92. The van der Waals surface area contributed by atoms with Crippen LogP contribution < -0.4 is 5.73 Å². The molecular formula is C13H27NO2.